The summed E-state index contributed by atoms with van der Waals surface area (Å²) in [5.74, 6) is -0.151. The van der Waals surface area contributed by atoms with E-state index < -0.39 is 5.97 Å². The monoisotopic (exact) mass is 218 g/mol. The molecule has 0 aromatic carbocycles. The minimum absolute atomic E-state index is 0. The highest BCUT2D eigenvalue weighted by atomic mass is 35.5. The Labute approximate surface area is 87.5 Å². The molecule has 1 unspecified atom stereocenters. The Morgan fingerprint density at radius 3 is 3.08 bits per heavy atom. The van der Waals surface area contributed by atoms with Crippen LogP contribution in [0.4, 0.5) is 0 Å². The molecule has 0 fully saturated rings. The normalized spacial score (nSPS) is 25.4. The van der Waals surface area contributed by atoms with E-state index in [1.54, 1.807) is 11.8 Å². The standard InChI is InChI=1S/C9H10O2S.ClH/c10-9(11)7-5-12-8-4-2-1-3-6(7)8;/h2,4,7H,1,3,5H2,(H,10,11);1H. The fourth-order valence-electron chi connectivity index (χ4n) is 1.64. The third kappa shape index (κ3) is 1.92. The number of carboxylic acid groups (broad SMARTS) is 1. The molecule has 0 aromatic heterocycles. The Kier molecular flexibility index (Phi) is 3.45. The summed E-state index contributed by atoms with van der Waals surface area (Å²) in [5.41, 5.74) is 1.15. The summed E-state index contributed by atoms with van der Waals surface area (Å²) < 4.78 is 0. The largest absolute Gasteiger partial charge is 0.481 e. The Hall–Kier alpha value is -0.410. The molecule has 0 aromatic rings. The van der Waals surface area contributed by atoms with Crippen molar-refractivity contribution in [2.45, 2.75) is 12.8 Å². The van der Waals surface area contributed by atoms with Crippen LogP contribution in [0.1, 0.15) is 12.8 Å². The minimum Gasteiger partial charge on any atom is -0.481 e. The smallest absolute Gasteiger partial charge is 0.311 e. The molecular formula is C9H11ClO2S. The van der Waals surface area contributed by atoms with Crippen molar-refractivity contribution in [3.05, 3.63) is 22.6 Å². The molecule has 1 heterocycles. The van der Waals surface area contributed by atoms with Crippen LogP contribution in [0.3, 0.4) is 0 Å². The van der Waals surface area contributed by atoms with Gasteiger partial charge in [-0.15, -0.1) is 24.2 Å². The number of thioether (sulfide) groups is 1. The summed E-state index contributed by atoms with van der Waals surface area (Å²) in [7, 11) is 0. The van der Waals surface area contributed by atoms with Crippen LogP contribution in [0.5, 0.6) is 0 Å². The summed E-state index contributed by atoms with van der Waals surface area (Å²) in [6, 6.07) is 0. The zero-order valence-corrected chi connectivity index (χ0v) is 8.66. The first-order chi connectivity index (χ1) is 5.79. The molecule has 13 heavy (non-hydrogen) atoms. The molecule has 0 bridgehead atoms. The summed E-state index contributed by atoms with van der Waals surface area (Å²) >= 11 is 1.67. The van der Waals surface area contributed by atoms with E-state index in [4.69, 9.17) is 5.11 Å². The molecule has 0 radical (unpaired) electrons. The van der Waals surface area contributed by atoms with Crippen molar-refractivity contribution in [2.75, 3.05) is 5.75 Å². The Balaban J connectivity index is 0.000000845. The third-order valence-electron chi connectivity index (χ3n) is 2.29. The van der Waals surface area contributed by atoms with Gasteiger partial charge < -0.3 is 5.11 Å². The number of allylic oxidation sites excluding steroid dienone is 2. The Bertz CT molecular complexity index is 283. The molecule has 1 atom stereocenters. The molecule has 0 saturated heterocycles. The van der Waals surface area contributed by atoms with Crippen LogP contribution >= 0.6 is 24.2 Å². The highest BCUT2D eigenvalue weighted by Gasteiger charge is 2.30. The van der Waals surface area contributed by atoms with Crippen molar-refractivity contribution in [1.29, 1.82) is 0 Å². The van der Waals surface area contributed by atoms with Gasteiger partial charge in [-0.25, -0.2) is 0 Å². The topological polar surface area (TPSA) is 37.3 Å². The minimum atomic E-state index is -0.664. The van der Waals surface area contributed by atoms with Gasteiger partial charge in [-0.2, -0.15) is 0 Å². The van der Waals surface area contributed by atoms with Gasteiger partial charge in [0, 0.05) is 10.7 Å². The Morgan fingerprint density at radius 2 is 2.38 bits per heavy atom. The number of carboxylic acids is 1. The van der Waals surface area contributed by atoms with Crippen LogP contribution in [0.25, 0.3) is 0 Å². The van der Waals surface area contributed by atoms with E-state index in [1.807, 2.05) is 0 Å². The fraction of sp³-hybridized carbons (Fsp3) is 0.444. The van der Waals surface area contributed by atoms with Crippen LogP contribution in [-0.4, -0.2) is 16.8 Å². The quantitative estimate of drug-likeness (QED) is 0.735. The van der Waals surface area contributed by atoms with Crippen LogP contribution in [-0.2, 0) is 4.79 Å². The highest BCUT2D eigenvalue weighted by molar-refractivity contribution is 8.03. The highest BCUT2D eigenvalue weighted by Crippen LogP contribution is 2.41. The van der Waals surface area contributed by atoms with Crippen molar-refractivity contribution < 1.29 is 9.90 Å². The average molecular weight is 219 g/mol. The average Bonchev–Trinajstić information content (AvgIpc) is 2.47. The lowest BCUT2D eigenvalue weighted by molar-refractivity contribution is -0.139. The van der Waals surface area contributed by atoms with E-state index in [9.17, 15) is 4.79 Å². The molecule has 1 aliphatic heterocycles. The predicted molar refractivity (Wildman–Crippen MR) is 56.2 cm³/mol. The maximum atomic E-state index is 10.8. The number of rotatable bonds is 1. The summed E-state index contributed by atoms with van der Waals surface area (Å²) in [5, 5.41) is 8.88. The molecule has 72 valence electrons. The maximum Gasteiger partial charge on any atom is 0.311 e. The second-order valence-electron chi connectivity index (χ2n) is 3.03. The summed E-state index contributed by atoms with van der Waals surface area (Å²) in [4.78, 5) is 12.0. The number of aliphatic carboxylic acids is 1. The van der Waals surface area contributed by atoms with Crippen molar-refractivity contribution in [3.63, 3.8) is 0 Å². The fourth-order valence-corrected chi connectivity index (χ4v) is 2.95. The molecule has 1 N–H and O–H groups in total. The second kappa shape index (κ2) is 4.20. The molecule has 0 amide bonds. The zero-order valence-electron chi connectivity index (χ0n) is 7.03. The van der Waals surface area contributed by atoms with Crippen molar-refractivity contribution >= 4 is 30.1 Å². The van der Waals surface area contributed by atoms with Crippen molar-refractivity contribution in [3.8, 4) is 0 Å². The zero-order chi connectivity index (χ0) is 8.55. The molecule has 2 rings (SSSR count). The SMILES string of the molecule is Cl.O=C(O)C1CSC2=C1CCC=C2. The van der Waals surface area contributed by atoms with Crippen LogP contribution in [0.15, 0.2) is 22.6 Å². The number of hydrogen-bond donors (Lipinski definition) is 1. The Morgan fingerprint density at radius 1 is 1.62 bits per heavy atom. The van der Waals surface area contributed by atoms with Gasteiger partial charge in [0.05, 0.1) is 5.92 Å². The van der Waals surface area contributed by atoms with E-state index in [0.717, 1.165) is 24.2 Å². The summed E-state index contributed by atoms with van der Waals surface area (Å²) in [6.45, 7) is 0. The van der Waals surface area contributed by atoms with Crippen LogP contribution < -0.4 is 0 Å². The van der Waals surface area contributed by atoms with E-state index in [2.05, 4.69) is 12.2 Å². The lowest BCUT2D eigenvalue weighted by Crippen LogP contribution is -2.16. The van der Waals surface area contributed by atoms with Gasteiger partial charge in [-0.3, -0.25) is 4.79 Å². The maximum absolute atomic E-state index is 10.8. The number of carbonyl (C=O) groups is 1. The first kappa shape index (κ1) is 10.7. The van der Waals surface area contributed by atoms with Gasteiger partial charge >= 0.3 is 5.97 Å². The summed E-state index contributed by atoms with van der Waals surface area (Å²) in [6.07, 6.45) is 6.13. The first-order valence-corrected chi connectivity index (χ1v) is 5.03. The second-order valence-corrected chi connectivity index (χ2v) is 4.09. The van der Waals surface area contributed by atoms with Gasteiger partial charge in [-0.05, 0) is 18.4 Å². The van der Waals surface area contributed by atoms with Gasteiger partial charge in [0.1, 0.15) is 0 Å². The van der Waals surface area contributed by atoms with Crippen LogP contribution in [0.2, 0.25) is 0 Å². The lowest BCUT2D eigenvalue weighted by atomic mass is 9.94. The number of hydrogen-bond acceptors (Lipinski definition) is 2. The van der Waals surface area contributed by atoms with Crippen LogP contribution in [0, 0.1) is 5.92 Å². The lowest BCUT2D eigenvalue weighted by Gasteiger charge is -2.11. The molecular weight excluding hydrogens is 208 g/mol. The third-order valence-corrected chi connectivity index (χ3v) is 3.50. The van der Waals surface area contributed by atoms with Gasteiger partial charge in [0.2, 0.25) is 0 Å². The first-order valence-electron chi connectivity index (χ1n) is 4.04. The van der Waals surface area contributed by atoms with E-state index in [0.29, 0.717) is 0 Å². The van der Waals surface area contributed by atoms with E-state index in [-0.39, 0.29) is 18.3 Å². The van der Waals surface area contributed by atoms with E-state index in [1.165, 1.54) is 4.91 Å². The molecule has 1 aliphatic carbocycles. The molecule has 4 heteroatoms. The molecule has 2 aliphatic rings. The van der Waals surface area contributed by atoms with Gasteiger partial charge in [-0.1, -0.05) is 12.2 Å². The molecule has 0 spiro atoms. The molecule has 2 nitrogen and oxygen atoms in total. The van der Waals surface area contributed by atoms with Gasteiger partial charge in [0.25, 0.3) is 0 Å². The number of halogens is 1. The van der Waals surface area contributed by atoms with Crippen molar-refractivity contribution in [2.24, 2.45) is 5.92 Å². The molecule has 0 saturated carbocycles. The van der Waals surface area contributed by atoms with E-state index >= 15 is 0 Å². The predicted octanol–water partition coefficient (Wildman–Crippen LogP) is 2.46. The van der Waals surface area contributed by atoms with Gasteiger partial charge in [0.15, 0.2) is 0 Å². The van der Waals surface area contributed by atoms with Crippen molar-refractivity contribution in [1.82, 2.24) is 0 Å².